The third kappa shape index (κ3) is 7.93. The van der Waals surface area contributed by atoms with E-state index in [0.29, 0.717) is 17.9 Å². The first-order valence-corrected chi connectivity index (χ1v) is 7.53. The van der Waals surface area contributed by atoms with Crippen LogP contribution in [-0.4, -0.2) is 32.2 Å². The number of unbranched alkanes of at least 4 members (excludes halogenated alkanes) is 2. The van der Waals surface area contributed by atoms with Gasteiger partial charge in [-0.15, -0.1) is 0 Å². The van der Waals surface area contributed by atoms with E-state index in [0.717, 1.165) is 12.8 Å². The Balaban J connectivity index is 0.00000400. The summed E-state index contributed by atoms with van der Waals surface area (Å²) >= 11 is 0. The monoisotopic (exact) mass is 314 g/mol. The number of carbonyl (C=O) groups is 1. The van der Waals surface area contributed by atoms with Gasteiger partial charge in [-0.05, 0) is 57.4 Å². The van der Waals surface area contributed by atoms with Crippen molar-refractivity contribution in [1.82, 2.24) is 0 Å². The Kier molecular flexibility index (Phi) is 10.7. The minimum absolute atomic E-state index is 0. The van der Waals surface area contributed by atoms with Gasteiger partial charge in [-0.2, -0.15) is 0 Å². The maximum atomic E-state index is 11.7. The van der Waals surface area contributed by atoms with Crippen LogP contribution in [0, 0.1) is 0 Å². The van der Waals surface area contributed by atoms with Crippen molar-refractivity contribution in [2.45, 2.75) is 33.1 Å². The molecule has 0 aliphatic rings. The molecule has 0 amide bonds. The van der Waals surface area contributed by atoms with Crippen molar-refractivity contribution >= 4 is 11.7 Å². The van der Waals surface area contributed by atoms with E-state index in [1.165, 1.54) is 26.1 Å². The highest BCUT2D eigenvalue weighted by Gasteiger charge is 2.06. The zero-order valence-corrected chi connectivity index (χ0v) is 13.8. The fourth-order valence-electron chi connectivity index (χ4n) is 2.12. The molecule has 0 saturated heterocycles. The Labute approximate surface area is 134 Å². The normalized spacial score (nSPS) is 10.2. The fourth-order valence-corrected chi connectivity index (χ4v) is 2.12. The van der Waals surface area contributed by atoms with Crippen LogP contribution in [0.5, 0.6) is 0 Å². The first kappa shape index (κ1) is 19.7. The number of carbonyl (C=O) groups excluding carboxylic acids is 1. The lowest BCUT2D eigenvalue weighted by atomic mass is 10.2. The largest absolute Gasteiger partial charge is 1.00 e. The predicted molar refractivity (Wildman–Crippen MR) is 81.9 cm³/mol. The molecule has 0 unspecified atom stereocenters. The van der Waals surface area contributed by atoms with Gasteiger partial charge in [0.25, 0.3) is 0 Å². The lowest BCUT2D eigenvalue weighted by Gasteiger charge is -2.14. The Morgan fingerprint density at radius 3 is 2.29 bits per heavy atom. The van der Waals surface area contributed by atoms with E-state index in [2.05, 4.69) is 13.8 Å². The number of nitrogen functional groups attached to an aromatic ring is 1. The molecule has 0 aromatic heterocycles. The van der Waals surface area contributed by atoms with Crippen LogP contribution in [0.4, 0.5) is 5.69 Å². The number of anilines is 1. The summed E-state index contributed by atoms with van der Waals surface area (Å²) in [7, 11) is 0. The summed E-state index contributed by atoms with van der Waals surface area (Å²) in [5, 5.41) is 0. The summed E-state index contributed by atoms with van der Waals surface area (Å²) < 4.78 is 5.24. The molecule has 4 nitrogen and oxygen atoms in total. The minimum Gasteiger partial charge on any atom is -1.00 e. The Hall–Kier alpha value is -1.26. The van der Waals surface area contributed by atoms with E-state index in [4.69, 9.17) is 10.5 Å². The van der Waals surface area contributed by atoms with E-state index in [9.17, 15) is 4.79 Å². The second kappa shape index (κ2) is 11.4. The second-order valence-corrected chi connectivity index (χ2v) is 5.03. The predicted octanol–water partition coefficient (Wildman–Crippen LogP) is -1.48. The molecule has 0 fully saturated rings. The van der Waals surface area contributed by atoms with Gasteiger partial charge in [0, 0.05) is 5.69 Å². The van der Waals surface area contributed by atoms with Crippen LogP contribution >= 0.6 is 0 Å². The van der Waals surface area contributed by atoms with Gasteiger partial charge in [0.1, 0.15) is 0 Å². The summed E-state index contributed by atoms with van der Waals surface area (Å²) in [6.45, 7) is 8.50. The molecule has 0 heterocycles. The van der Waals surface area contributed by atoms with Gasteiger partial charge in [0.15, 0.2) is 0 Å². The van der Waals surface area contributed by atoms with Crippen LogP contribution in [0.2, 0.25) is 0 Å². The Morgan fingerprint density at radius 1 is 1.10 bits per heavy atom. The van der Waals surface area contributed by atoms with Gasteiger partial charge >= 0.3 is 5.97 Å². The first-order chi connectivity index (χ1) is 9.67. The highest BCUT2D eigenvalue weighted by molar-refractivity contribution is 5.89. The molecule has 3 N–H and O–H groups in total. The molecular formula is C16H27ClN2O2. The number of ether oxygens (including phenoxy) is 1. The SMILES string of the molecule is CC[NH+](CC)CCCCCOC(=O)c1ccc(N)cc1.[Cl-]. The zero-order valence-electron chi connectivity index (χ0n) is 13.0. The van der Waals surface area contributed by atoms with Gasteiger partial charge in [-0.3, -0.25) is 0 Å². The van der Waals surface area contributed by atoms with Gasteiger partial charge in [0.2, 0.25) is 0 Å². The number of quaternary nitrogens is 1. The summed E-state index contributed by atoms with van der Waals surface area (Å²) in [5.41, 5.74) is 6.79. The fraction of sp³-hybridized carbons (Fsp3) is 0.562. The van der Waals surface area contributed by atoms with Crippen molar-refractivity contribution in [3.05, 3.63) is 29.8 Å². The number of hydrogen-bond acceptors (Lipinski definition) is 3. The number of benzene rings is 1. The topological polar surface area (TPSA) is 56.8 Å². The van der Waals surface area contributed by atoms with E-state index in [-0.39, 0.29) is 18.4 Å². The molecule has 0 saturated carbocycles. The Morgan fingerprint density at radius 2 is 1.71 bits per heavy atom. The molecule has 1 aromatic carbocycles. The quantitative estimate of drug-likeness (QED) is 0.332. The van der Waals surface area contributed by atoms with E-state index < -0.39 is 0 Å². The van der Waals surface area contributed by atoms with Crippen molar-refractivity contribution in [3.8, 4) is 0 Å². The smallest absolute Gasteiger partial charge is 0.338 e. The lowest BCUT2D eigenvalue weighted by Crippen LogP contribution is -3.11. The maximum Gasteiger partial charge on any atom is 0.338 e. The molecule has 1 aromatic rings. The van der Waals surface area contributed by atoms with Gasteiger partial charge in [0.05, 0.1) is 31.8 Å². The van der Waals surface area contributed by atoms with Crippen molar-refractivity contribution in [3.63, 3.8) is 0 Å². The van der Waals surface area contributed by atoms with Crippen molar-refractivity contribution in [2.75, 3.05) is 32.0 Å². The van der Waals surface area contributed by atoms with Crippen molar-refractivity contribution < 1.29 is 26.8 Å². The highest BCUT2D eigenvalue weighted by atomic mass is 35.5. The molecular weight excluding hydrogens is 288 g/mol. The standard InChI is InChI=1S/C16H26N2O2.ClH/c1-3-18(4-2)12-6-5-7-13-20-16(19)14-8-10-15(17)11-9-14;/h8-11H,3-7,12-13,17H2,1-2H3;1H. The lowest BCUT2D eigenvalue weighted by molar-refractivity contribution is -0.896. The molecule has 120 valence electrons. The zero-order chi connectivity index (χ0) is 14.8. The van der Waals surface area contributed by atoms with Crippen LogP contribution in [0.3, 0.4) is 0 Å². The molecule has 0 aliphatic heterocycles. The number of nitrogens with two attached hydrogens (primary N) is 1. The van der Waals surface area contributed by atoms with Crippen LogP contribution in [0.25, 0.3) is 0 Å². The second-order valence-electron chi connectivity index (χ2n) is 5.03. The molecule has 0 atom stereocenters. The van der Waals surface area contributed by atoms with Crippen molar-refractivity contribution in [1.29, 1.82) is 0 Å². The molecule has 0 aliphatic carbocycles. The van der Waals surface area contributed by atoms with Gasteiger partial charge in [-0.25, -0.2) is 4.79 Å². The average Bonchev–Trinajstić information content (AvgIpc) is 2.47. The van der Waals surface area contributed by atoms with Crippen LogP contribution in [0.1, 0.15) is 43.5 Å². The molecule has 5 heteroatoms. The number of hydrogen-bond donors (Lipinski definition) is 2. The van der Waals surface area contributed by atoms with E-state index >= 15 is 0 Å². The van der Waals surface area contributed by atoms with Crippen molar-refractivity contribution in [2.24, 2.45) is 0 Å². The molecule has 1 rings (SSSR count). The van der Waals surface area contributed by atoms with Gasteiger partial charge in [-0.1, -0.05) is 0 Å². The van der Waals surface area contributed by atoms with E-state index in [1.807, 2.05) is 0 Å². The summed E-state index contributed by atoms with van der Waals surface area (Å²) in [6.07, 6.45) is 3.23. The number of nitrogens with one attached hydrogen (secondary N) is 1. The highest BCUT2D eigenvalue weighted by Crippen LogP contribution is 2.07. The maximum absolute atomic E-state index is 11.7. The summed E-state index contributed by atoms with van der Waals surface area (Å²) in [4.78, 5) is 13.4. The Bertz CT molecular complexity index is 392. The van der Waals surface area contributed by atoms with Crippen LogP contribution in [0.15, 0.2) is 24.3 Å². The first-order valence-electron chi connectivity index (χ1n) is 7.53. The summed E-state index contributed by atoms with van der Waals surface area (Å²) in [6, 6.07) is 6.82. The van der Waals surface area contributed by atoms with Gasteiger partial charge < -0.3 is 27.8 Å². The number of halogens is 1. The third-order valence-corrected chi connectivity index (χ3v) is 3.55. The molecule has 0 radical (unpaired) electrons. The van der Waals surface area contributed by atoms with Crippen LogP contribution in [-0.2, 0) is 4.74 Å². The number of esters is 1. The molecule has 21 heavy (non-hydrogen) atoms. The third-order valence-electron chi connectivity index (χ3n) is 3.55. The molecule has 0 spiro atoms. The van der Waals surface area contributed by atoms with Crippen LogP contribution < -0.4 is 23.0 Å². The average molecular weight is 315 g/mol. The van der Waals surface area contributed by atoms with E-state index in [1.54, 1.807) is 29.2 Å². The minimum atomic E-state index is -0.264. The molecule has 0 bridgehead atoms. The number of rotatable bonds is 9. The summed E-state index contributed by atoms with van der Waals surface area (Å²) in [5.74, 6) is -0.264.